The molecule has 0 aliphatic heterocycles. The van der Waals surface area contributed by atoms with Crippen molar-refractivity contribution in [3.63, 3.8) is 0 Å². The summed E-state index contributed by atoms with van der Waals surface area (Å²) >= 11 is 0. The monoisotopic (exact) mass is 236 g/mol. The summed E-state index contributed by atoms with van der Waals surface area (Å²) in [6.07, 6.45) is 2.08. The molecule has 0 aromatic carbocycles. The Morgan fingerprint density at radius 1 is 1.27 bits per heavy atom. The second kappa shape index (κ2) is 10.2. The molecule has 15 heavy (non-hydrogen) atoms. The van der Waals surface area contributed by atoms with E-state index < -0.39 is 0 Å². The zero-order chi connectivity index (χ0) is 11.0. The summed E-state index contributed by atoms with van der Waals surface area (Å²) < 4.78 is 0. The molecule has 0 aliphatic rings. The molecule has 1 unspecified atom stereocenters. The van der Waals surface area contributed by atoms with E-state index in [4.69, 9.17) is 0 Å². The van der Waals surface area contributed by atoms with Crippen molar-refractivity contribution in [2.75, 3.05) is 26.7 Å². The average Bonchev–Trinajstić information content (AvgIpc) is 2.17. The number of nitrogens with zero attached hydrogens (tertiary/aromatic N) is 1. The van der Waals surface area contributed by atoms with Crippen LogP contribution in [0.4, 0.5) is 0 Å². The first-order valence-corrected chi connectivity index (χ1v) is 5.60. The number of hydrogen-bond acceptors (Lipinski definition) is 2. The van der Waals surface area contributed by atoms with Crippen LogP contribution in [0.15, 0.2) is 0 Å². The van der Waals surface area contributed by atoms with E-state index in [1.807, 2.05) is 18.9 Å². The molecule has 0 saturated carbocycles. The quantitative estimate of drug-likeness (QED) is 0.733. The molecule has 92 valence electrons. The average molecular weight is 237 g/mol. The first kappa shape index (κ1) is 17.1. The summed E-state index contributed by atoms with van der Waals surface area (Å²) in [4.78, 5) is 13.9. The molecule has 0 bridgehead atoms. The van der Waals surface area contributed by atoms with Crippen LogP contribution in [-0.4, -0.2) is 37.5 Å². The van der Waals surface area contributed by atoms with Gasteiger partial charge in [0.1, 0.15) is 0 Å². The predicted molar refractivity (Wildman–Crippen MR) is 67.5 cm³/mol. The van der Waals surface area contributed by atoms with Gasteiger partial charge < -0.3 is 10.2 Å². The molecule has 4 heteroatoms. The second-order valence-corrected chi connectivity index (χ2v) is 3.78. The van der Waals surface area contributed by atoms with Crippen molar-refractivity contribution in [3.8, 4) is 0 Å². The van der Waals surface area contributed by atoms with E-state index in [9.17, 15) is 4.79 Å². The Kier molecular flexibility index (Phi) is 11.7. The molecule has 0 fully saturated rings. The van der Waals surface area contributed by atoms with Crippen LogP contribution in [0.3, 0.4) is 0 Å². The molecule has 0 aromatic rings. The molecule has 0 aromatic heterocycles. The summed E-state index contributed by atoms with van der Waals surface area (Å²) in [7, 11) is 1.88. The van der Waals surface area contributed by atoms with Crippen LogP contribution in [-0.2, 0) is 4.79 Å². The number of nitrogens with one attached hydrogen (secondary N) is 1. The molecule has 1 atom stereocenters. The van der Waals surface area contributed by atoms with Crippen LogP contribution in [0.1, 0.15) is 33.6 Å². The molecule has 1 amide bonds. The fraction of sp³-hybridized carbons (Fsp3) is 0.909. The maximum Gasteiger partial charge on any atom is 0.226 e. The minimum absolute atomic E-state index is 0. The largest absolute Gasteiger partial charge is 0.342 e. The fourth-order valence-electron chi connectivity index (χ4n) is 1.58. The maximum absolute atomic E-state index is 11.9. The lowest BCUT2D eigenvalue weighted by atomic mass is 10.1. The summed E-state index contributed by atoms with van der Waals surface area (Å²) in [6, 6.07) is 0. The smallest absolute Gasteiger partial charge is 0.226 e. The highest BCUT2D eigenvalue weighted by molar-refractivity contribution is 5.85. The van der Waals surface area contributed by atoms with Crippen molar-refractivity contribution in [1.82, 2.24) is 10.2 Å². The topological polar surface area (TPSA) is 32.3 Å². The highest BCUT2D eigenvalue weighted by atomic mass is 35.5. The molecule has 0 rings (SSSR count). The summed E-state index contributed by atoms with van der Waals surface area (Å²) in [5.41, 5.74) is 0. The normalized spacial score (nSPS) is 11.7. The van der Waals surface area contributed by atoms with Crippen LogP contribution >= 0.6 is 12.4 Å². The van der Waals surface area contributed by atoms with E-state index in [-0.39, 0.29) is 24.2 Å². The molecular formula is C11H25ClN2O. The molecule has 0 aliphatic carbocycles. The van der Waals surface area contributed by atoms with Crippen molar-refractivity contribution in [1.29, 1.82) is 0 Å². The Labute approximate surface area is 100 Å². The fourth-order valence-corrected chi connectivity index (χ4v) is 1.58. The summed E-state index contributed by atoms with van der Waals surface area (Å²) in [6.45, 7) is 8.75. The number of hydrogen-bond donors (Lipinski definition) is 1. The first-order chi connectivity index (χ1) is 6.67. The molecule has 0 saturated heterocycles. The number of carbonyl (C=O) groups is 1. The van der Waals surface area contributed by atoms with Gasteiger partial charge in [-0.05, 0) is 19.9 Å². The Hall–Kier alpha value is -0.280. The van der Waals surface area contributed by atoms with Gasteiger partial charge in [0.2, 0.25) is 5.91 Å². The zero-order valence-electron chi connectivity index (χ0n) is 10.4. The Balaban J connectivity index is 0. The van der Waals surface area contributed by atoms with Crippen LogP contribution in [0.25, 0.3) is 0 Å². The van der Waals surface area contributed by atoms with Gasteiger partial charge in [0.05, 0.1) is 0 Å². The van der Waals surface area contributed by atoms with Gasteiger partial charge in [0, 0.05) is 25.6 Å². The Bertz CT molecular complexity index is 159. The van der Waals surface area contributed by atoms with Crippen LogP contribution in [0.5, 0.6) is 0 Å². The molecule has 0 heterocycles. The van der Waals surface area contributed by atoms with Gasteiger partial charge in [-0.3, -0.25) is 4.79 Å². The minimum Gasteiger partial charge on any atom is -0.342 e. The van der Waals surface area contributed by atoms with Crippen molar-refractivity contribution in [2.24, 2.45) is 5.92 Å². The van der Waals surface area contributed by atoms with Crippen molar-refractivity contribution in [2.45, 2.75) is 33.6 Å². The SMILES string of the molecule is CCCN(CCC)C(=O)C(C)CNC.Cl. The van der Waals surface area contributed by atoms with Crippen LogP contribution in [0.2, 0.25) is 0 Å². The van der Waals surface area contributed by atoms with E-state index in [1.165, 1.54) is 0 Å². The van der Waals surface area contributed by atoms with Gasteiger partial charge in [0.15, 0.2) is 0 Å². The van der Waals surface area contributed by atoms with Crippen molar-refractivity contribution >= 4 is 18.3 Å². The lowest BCUT2D eigenvalue weighted by molar-refractivity contribution is -0.134. The van der Waals surface area contributed by atoms with E-state index in [0.717, 1.165) is 32.5 Å². The highest BCUT2D eigenvalue weighted by Gasteiger charge is 2.18. The van der Waals surface area contributed by atoms with Crippen molar-refractivity contribution < 1.29 is 4.79 Å². The third kappa shape index (κ3) is 6.74. The van der Waals surface area contributed by atoms with Gasteiger partial charge in [-0.1, -0.05) is 20.8 Å². The van der Waals surface area contributed by atoms with Gasteiger partial charge in [-0.2, -0.15) is 0 Å². The maximum atomic E-state index is 11.9. The standard InChI is InChI=1S/C11H24N2O.ClH/c1-5-7-13(8-6-2)11(14)10(3)9-12-4;/h10,12H,5-9H2,1-4H3;1H. The van der Waals surface area contributed by atoms with E-state index in [0.29, 0.717) is 0 Å². The summed E-state index contributed by atoms with van der Waals surface area (Å²) in [5, 5.41) is 3.04. The summed E-state index contributed by atoms with van der Waals surface area (Å²) in [5.74, 6) is 0.376. The van der Waals surface area contributed by atoms with E-state index in [2.05, 4.69) is 19.2 Å². The lowest BCUT2D eigenvalue weighted by Crippen LogP contribution is -2.39. The van der Waals surface area contributed by atoms with E-state index >= 15 is 0 Å². The van der Waals surface area contributed by atoms with Crippen molar-refractivity contribution in [3.05, 3.63) is 0 Å². The number of rotatable bonds is 7. The van der Waals surface area contributed by atoms with Gasteiger partial charge >= 0.3 is 0 Å². The predicted octanol–water partition coefficient (Wildman–Crippen LogP) is 1.91. The Morgan fingerprint density at radius 3 is 2.07 bits per heavy atom. The van der Waals surface area contributed by atoms with Gasteiger partial charge in [-0.15, -0.1) is 12.4 Å². The van der Waals surface area contributed by atoms with Crippen LogP contribution < -0.4 is 5.32 Å². The lowest BCUT2D eigenvalue weighted by Gasteiger charge is -2.24. The third-order valence-corrected chi connectivity index (χ3v) is 2.23. The van der Waals surface area contributed by atoms with Crippen LogP contribution in [0, 0.1) is 5.92 Å². The number of halogens is 1. The number of carbonyl (C=O) groups excluding carboxylic acids is 1. The molecule has 0 spiro atoms. The van der Waals surface area contributed by atoms with Gasteiger partial charge in [0.25, 0.3) is 0 Å². The zero-order valence-corrected chi connectivity index (χ0v) is 11.2. The van der Waals surface area contributed by atoms with Gasteiger partial charge in [-0.25, -0.2) is 0 Å². The third-order valence-electron chi connectivity index (χ3n) is 2.23. The number of amides is 1. The molecule has 0 radical (unpaired) electrons. The Morgan fingerprint density at radius 2 is 1.73 bits per heavy atom. The minimum atomic E-state index is 0. The molecular weight excluding hydrogens is 212 g/mol. The first-order valence-electron chi connectivity index (χ1n) is 5.60. The molecule has 1 N–H and O–H groups in total. The van der Waals surface area contributed by atoms with E-state index in [1.54, 1.807) is 0 Å². The molecule has 3 nitrogen and oxygen atoms in total. The second-order valence-electron chi connectivity index (χ2n) is 3.78. The highest BCUT2D eigenvalue weighted by Crippen LogP contribution is 2.03.